The van der Waals surface area contributed by atoms with Gasteiger partial charge in [0.1, 0.15) is 23.3 Å². The molecule has 21 heavy (non-hydrogen) atoms. The van der Waals surface area contributed by atoms with E-state index in [9.17, 15) is 0 Å². The van der Waals surface area contributed by atoms with E-state index >= 15 is 0 Å². The summed E-state index contributed by atoms with van der Waals surface area (Å²) in [6, 6.07) is 6.74. The Labute approximate surface area is 137 Å². The molecule has 1 saturated carbocycles. The molecule has 0 atom stereocenters. The number of aromatic nitrogens is 2. The fourth-order valence-electron chi connectivity index (χ4n) is 2.07. The molecular formula is C15H17BrClN3O. The second kappa shape index (κ2) is 6.38. The molecule has 1 aromatic carbocycles. The highest BCUT2D eigenvalue weighted by Crippen LogP contribution is 2.26. The molecule has 0 amide bonds. The molecule has 0 aliphatic heterocycles. The second-order valence-electron chi connectivity index (χ2n) is 5.25. The highest BCUT2D eigenvalue weighted by atomic mass is 79.9. The maximum Gasteiger partial charge on any atom is 0.147 e. The summed E-state index contributed by atoms with van der Waals surface area (Å²) in [5, 5.41) is 4.12. The number of hydrogen-bond donors (Lipinski definition) is 1. The van der Waals surface area contributed by atoms with E-state index in [0.29, 0.717) is 17.8 Å². The number of hydrogen-bond acceptors (Lipinski definition) is 3. The summed E-state index contributed by atoms with van der Waals surface area (Å²) in [7, 11) is 1.88. The lowest BCUT2D eigenvalue weighted by molar-refractivity contribution is 0.288. The molecule has 1 aromatic heterocycles. The topological polar surface area (TPSA) is 39.1 Å². The molecule has 6 heteroatoms. The zero-order valence-electron chi connectivity index (χ0n) is 11.8. The minimum absolute atomic E-state index is 0.404. The number of halogens is 2. The molecule has 1 fully saturated rings. The monoisotopic (exact) mass is 369 g/mol. The van der Waals surface area contributed by atoms with Gasteiger partial charge in [0.2, 0.25) is 0 Å². The number of benzene rings is 1. The van der Waals surface area contributed by atoms with Crippen molar-refractivity contribution < 1.29 is 4.74 Å². The first kappa shape index (κ1) is 14.9. The van der Waals surface area contributed by atoms with Gasteiger partial charge in [0.25, 0.3) is 0 Å². The van der Waals surface area contributed by atoms with Gasteiger partial charge >= 0.3 is 0 Å². The molecule has 0 spiro atoms. The van der Waals surface area contributed by atoms with Crippen molar-refractivity contribution in [2.75, 3.05) is 0 Å². The van der Waals surface area contributed by atoms with Crippen LogP contribution in [0.3, 0.4) is 0 Å². The largest absolute Gasteiger partial charge is 0.485 e. The van der Waals surface area contributed by atoms with E-state index in [4.69, 9.17) is 16.3 Å². The number of nitrogens with one attached hydrogen (secondary N) is 1. The Hall–Kier alpha value is -1.04. The second-order valence-corrected chi connectivity index (χ2v) is 6.55. The summed E-state index contributed by atoms with van der Waals surface area (Å²) in [5.74, 6) is 1.69. The number of ether oxygens (including phenoxy) is 1. The number of imidazole rings is 1. The quantitative estimate of drug-likeness (QED) is 0.843. The molecule has 1 aliphatic rings. The first-order valence-corrected chi connectivity index (χ1v) is 8.11. The zero-order chi connectivity index (χ0) is 14.8. The molecule has 1 N–H and O–H groups in total. The summed E-state index contributed by atoms with van der Waals surface area (Å²) < 4.78 is 8.80. The molecule has 0 radical (unpaired) electrons. The Morgan fingerprint density at radius 3 is 2.95 bits per heavy atom. The van der Waals surface area contributed by atoms with Crippen LogP contribution in [0, 0.1) is 0 Å². The van der Waals surface area contributed by atoms with Gasteiger partial charge in [-0.15, -0.1) is 0 Å². The van der Waals surface area contributed by atoms with Gasteiger partial charge < -0.3 is 14.6 Å². The lowest BCUT2D eigenvalue weighted by atomic mass is 10.2. The highest BCUT2D eigenvalue weighted by molar-refractivity contribution is 9.10. The summed E-state index contributed by atoms with van der Waals surface area (Å²) in [6.07, 6.45) is 4.18. The average Bonchev–Trinajstić information content (AvgIpc) is 3.24. The summed E-state index contributed by atoms with van der Waals surface area (Å²) in [4.78, 5) is 4.24. The lowest BCUT2D eigenvalue weighted by Crippen LogP contribution is -2.16. The zero-order valence-corrected chi connectivity index (χ0v) is 14.1. The van der Waals surface area contributed by atoms with Crippen LogP contribution in [0.4, 0.5) is 0 Å². The van der Waals surface area contributed by atoms with Crippen molar-refractivity contribution in [3.63, 3.8) is 0 Å². The van der Waals surface area contributed by atoms with Crippen LogP contribution in [0.2, 0.25) is 5.15 Å². The molecule has 4 nitrogen and oxygen atoms in total. The highest BCUT2D eigenvalue weighted by Gasteiger charge is 2.20. The summed E-state index contributed by atoms with van der Waals surface area (Å²) in [5.41, 5.74) is 1.15. The first-order chi connectivity index (χ1) is 10.1. The predicted molar refractivity (Wildman–Crippen MR) is 86.6 cm³/mol. The van der Waals surface area contributed by atoms with E-state index in [-0.39, 0.29) is 0 Å². The standard InChI is InChI=1S/C15H17BrClN3O/c1-20-14(17)8-19-15(20)9-21-13-5-2-11(16)6-10(13)7-18-12-3-4-12/h2,5-6,8,12,18H,3-4,7,9H2,1H3. The van der Waals surface area contributed by atoms with Gasteiger partial charge in [-0.3, -0.25) is 0 Å². The Morgan fingerprint density at radius 1 is 1.48 bits per heavy atom. The summed E-state index contributed by atoms with van der Waals surface area (Å²) in [6.45, 7) is 1.22. The van der Waals surface area contributed by atoms with Gasteiger partial charge in [-0.2, -0.15) is 0 Å². The average molecular weight is 371 g/mol. The van der Waals surface area contributed by atoms with Crippen LogP contribution < -0.4 is 10.1 Å². The smallest absolute Gasteiger partial charge is 0.147 e. The van der Waals surface area contributed by atoms with Crippen molar-refractivity contribution in [3.8, 4) is 5.75 Å². The molecule has 3 rings (SSSR count). The Bertz CT molecular complexity index is 640. The van der Waals surface area contributed by atoms with E-state index in [1.54, 1.807) is 6.20 Å². The minimum Gasteiger partial charge on any atom is -0.485 e. The maximum absolute atomic E-state index is 5.98. The predicted octanol–water partition coefficient (Wildman–Crippen LogP) is 3.67. The summed E-state index contributed by atoms with van der Waals surface area (Å²) >= 11 is 9.50. The molecule has 2 aromatic rings. The van der Waals surface area contributed by atoms with Crippen LogP contribution in [0.25, 0.3) is 0 Å². The van der Waals surface area contributed by atoms with Gasteiger partial charge in [0, 0.05) is 29.7 Å². The van der Waals surface area contributed by atoms with Crippen molar-refractivity contribution >= 4 is 27.5 Å². The van der Waals surface area contributed by atoms with E-state index < -0.39 is 0 Å². The fraction of sp³-hybridized carbons (Fsp3) is 0.400. The van der Waals surface area contributed by atoms with Gasteiger partial charge in [0.05, 0.1) is 6.20 Å². The Balaban J connectivity index is 1.69. The van der Waals surface area contributed by atoms with Gasteiger partial charge in [-0.05, 0) is 31.0 Å². The Morgan fingerprint density at radius 2 is 2.29 bits per heavy atom. The molecule has 0 unspecified atom stereocenters. The molecule has 1 heterocycles. The number of nitrogens with zero attached hydrogens (tertiary/aromatic N) is 2. The molecule has 112 valence electrons. The van der Waals surface area contributed by atoms with E-state index in [1.807, 2.05) is 23.7 Å². The van der Waals surface area contributed by atoms with Crippen LogP contribution in [0.5, 0.6) is 5.75 Å². The van der Waals surface area contributed by atoms with E-state index in [0.717, 1.165) is 28.2 Å². The normalized spacial score (nSPS) is 14.4. The molecule has 0 bridgehead atoms. The molecule has 1 aliphatic carbocycles. The van der Waals surface area contributed by atoms with Gasteiger partial charge in [0.15, 0.2) is 0 Å². The fourth-order valence-corrected chi connectivity index (χ4v) is 2.62. The molecule has 0 saturated heterocycles. The third-order valence-electron chi connectivity index (χ3n) is 3.57. The molecular weight excluding hydrogens is 354 g/mol. The third-order valence-corrected chi connectivity index (χ3v) is 4.41. The SMILES string of the molecule is Cn1c(Cl)cnc1COc1ccc(Br)cc1CNC1CC1. The van der Waals surface area contributed by atoms with E-state index in [2.05, 4.69) is 32.3 Å². The van der Waals surface area contributed by atoms with Crippen LogP contribution in [-0.4, -0.2) is 15.6 Å². The van der Waals surface area contributed by atoms with Crippen LogP contribution in [0.15, 0.2) is 28.9 Å². The van der Waals surface area contributed by atoms with Crippen molar-refractivity contribution in [1.82, 2.24) is 14.9 Å². The van der Waals surface area contributed by atoms with Gasteiger partial charge in [-0.1, -0.05) is 27.5 Å². The maximum atomic E-state index is 5.98. The Kier molecular flexibility index (Phi) is 4.52. The van der Waals surface area contributed by atoms with Gasteiger partial charge in [-0.25, -0.2) is 4.98 Å². The van der Waals surface area contributed by atoms with Crippen molar-refractivity contribution in [1.29, 1.82) is 0 Å². The van der Waals surface area contributed by atoms with Crippen LogP contribution >= 0.6 is 27.5 Å². The van der Waals surface area contributed by atoms with E-state index in [1.165, 1.54) is 12.8 Å². The van der Waals surface area contributed by atoms with Crippen molar-refractivity contribution in [2.45, 2.75) is 32.0 Å². The number of rotatable bonds is 6. The minimum atomic E-state index is 0.404. The van der Waals surface area contributed by atoms with Crippen molar-refractivity contribution in [2.24, 2.45) is 7.05 Å². The van der Waals surface area contributed by atoms with Crippen molar-refractivity contribution in [3.05, 3.63) is 45.4 Å². The third kappa shape index (κ3) is 3.78. The van der Waals surface area contributed by atoms with Crippen LogP contribution in [-0.2, 0) is 20.2 Å². The van der Waals surface area contributed by atoms with Crippen LogP contribution in [0.1, 0.15) is 24.2 Å². The first-order valence-electron chi connectivity index (χ1n) is 6.94. The lowest BCUT2D eigenvalue weighted by Gasteiger charge is -2.12.